The van der Waals surface area contributed by atoms with Crippen molar-refractivity contribution in [2.75, 3.05) is 31.1 Å². The van der Waals surface area contributed by atoms with Crippen molar-refractivity contribution in [3.63, 3.8) is 0 Å². The van der Waals surface area contributed by atoms with E-state index in [1.807, 2.05) is 41.3 Å². The molecule has 24 heavy (non-hydrogen) atoms. The van der Waals surface area contributed by atoms with Gasteiger partial charge in [0.1, 0.15) is 5.69 Å². The molecular formula is C17H17N5O2. The smallest absolute Gasteiger partial charge is 0.228 e. The molecule has 0 radical (unpaired) electrons. The van der Waals surface area contributed by atoms with Gasteiger partial charge in [-0.2, -0.15) is 5.10 Å². The van der Waals surface area contributed by atoms with Gasteiger partial charge in [-0.25, -0.2) is 0 Å². The van der Waals surface area contributed by atoms with E-state index in [0.29, 0.717) is 24.4 Å². The first kappa shape index (κ1) is 14.6. The molecule has 0 saturated carbocycles. The first-order valence-corrected chi connectivity index (χ1v) is 7.95. The molecule has 3 heterocycles. The maximum absolute atomic E-state index is 12.6. The zero-order chi connectivity index (χ0) is 16.4. The zero-order valence-corrected chi connectivity index (χ0v) is 13.1. The number of benzene rings is 1. The lowest BCUT2D eigenvalue weighted by atomic mass is 10.1. The van der Waals surface area contributed by atoms with E-state index in [1.54, 1.807) is 6.20 Å². The van der Waals surface area contributed by atoms with Gasteiger partial charge in [-0.1, -0.05) is 17.3 Å². The second kappa shape index (κ2) is 6.27. The monoisotopic (exact) mass is 323 g/mol. The van der Waals surface area contributed by atoms with Gasteiger partial charge in [0, 0.05) is 37.8 Å². The van der Waals surface area contributed by atoms with Crippen LogP contribution < -0.4 is 4.90 Å². The van der Waals surface area contributed by atoms with Crippen LogP contribution in [-0.4, -0.2) is 52.3 Å². The van der Waals surface area contributed by atoms with Gasteiger partial charge in [-0.3, -0.25) is 4.79 Å². The third kappa shape index (κ3) is 2.80. The second-order valence-corrected chi connectivity index (χ2v) is 5.75. The Hall–Kier alpha value is -2.96. The summed E-state index contributed by atoms with van der Waals surface area (Å²) in [6.07, 6.45) is 1.92. The lowest BCUT2D eigenvalue weighted by Crippen LogP contribution is -2.49. The minimum atomic E-state index is 0.0767. The molecule has 2 aromatic heterocycles. The van der Waals surface area contributed by atoms with Crippen LogP contribution in [0.1, 0.15) is 5.69 Å². The minimum Gasteiger partial charge on any atom is -0.356 e. The van der Waals surface area contributed by atoms with Crippen molar-refractivity contribution in [3.8, 4) is 0 Å². The maximum atomic E-state index is 12.6. The lowest BCUT2D eigenvalue weighted by Gasteiger charge is -2.35. The summed E-state index contributed by atoms with van der Waals surface area (Å²) < 4.78 is 5.27. The Labute approximate surface area is 138 Å². The predicted octanol–water partition coefficient (Wildman–Crippen LogP) is 1.51. The molecule has 7 heteroatoms. The average molecular weight is 323 g/mol. The predicted molar refractivity (Wildman–Crippen MR) is 88.5 cm³/mol. The van der Waals surface area contributed by atoms with Crippen molar-refractivity contribution in [2.45, 2.75) is 6.42 Å². The molecule has 1 amide bonds. The normalized spacial score (nSPS) is 15.0. The molecule has 1 aromatic carbocycles. The molecule has 122 valence electrons. The summed E-state index contributed by atoms with van der Waals surface area (Å²) in [5, 5.41) is 13.0. The number of amides is 1. The second-order valence-electron chi connectivity index (χ2n) is 5.75. The molecule has 1 saturated heterocycles. The van der Waals surface area contributed by atoms with E-state index >= 15 is 0 Å². The van der Waals surface area contributed by atoms with Crippen LogP contribution in [0.4, 0.5) is 5.82 Å². The van der Waals surface area contributed by atoms with Gasteiger partial charge in [0.2, 0.25) is 5.91 Å². The fourth-order valence-corrected chi connectivity index (χ4v) is 2.97. The van der Waals surface area contributed by atoms with Crippen molar-refractivity contribution >= 4 is 22.7 Å². The summed E-state index contributed by atoms with van der Waals surface area (Å²) in [5.41, 5.74) is 1.42. The summed E-state index contributed by atoms with van der Waals surface area (Å²) in [6, 6.07) is 11.4. The van der Waals surface area contributed by atoms with Crippen molar-refractivity contribution in [1.82, 2.24) is 20.3 Å². The highest BCUT2D eigenvalue weighted by Crippen LogP contribution is 2.19. The third-order valence-electron chi connectivity index (χ3n) is 4.29. The molecule has 0 spiro atoms. The number of hydrogen-bond acceptors (Lipinski definition) is 6. The molecular weight excluding hydrogens is 306 g/mol. The molecule has 1 fully saturated rings. The number of nitrogens with zero attached hydrogens (tertiary/aromatic N) is 5. The summed E-state index contributed by atoms with van der Waals surface area (Å²) in [7, 11) is 0. The van der Waals surface area contributed by atoms with Crippen LogP contribution in [0.25, 0.3) is 11.0 Å². The van der Waals surface area contributed by atoms with E-state index in [2.05, 4.69) is 20.3 Å². The van der Waals surface area contributed by atoms with Gasteiger partial charge in [0.25, 0.3) is 0 Å². The van der Waals surface area contributed by atoms with Gasteiger partial charge in [-0.05, 0) is 24.3 Å². The summed E-state index contributed by atoms with van der Waals surface area (Å²) in [6.45, 7) is 2.85. The van der Waals surface area contributed by atoms with Gasteiger partial charge < -0.3 is 14.3 Å². The molecule has 0 bridgehead atoms. The Kier molecular flexibility index (Phi) is 3.82. The largest absolute Gasteiger partial charge is 0.356 e. The number of carbonyl (C=O) groups excluding carboxylic acids is 1. The fraction of sp³-hybridized carbons (Fsp3) is 0.294. The highest BCUT2D eigenvalue weighted by molar-refractivity contribution is 5.86. The molecule has 1 aliphatic rings. The van der Waals surface area contributed by atoms with Gasteiger partial charge >= 0.3 is 0 Å². The summed E-state index contributed by atoms with van der Waals surface area (Å²) in [5.74, 6) is 0.931. The number of rotatable bonds is 3. The van der Waals surface area contributed by atoms with E-state index in [-0.39, 0.29) is 12.3 Å². The van der Waals surface area contributed by atoms with E-state index in [1.165, 1.54) is 0 Å². The van der Waals surface area contributed by atoms with Gasteiger partial charge in [-0.15, -0.1) is 5.10 Å². The molecule has 0 aliphatic carbocycles. The molecule has 7 nitrogen and oxygen atoms in total. The number of aromatic nitrogens is 3. The quantitative estimate of drug-likeness (QED) is 0.727. The Balaban J connectivity index is 1.40. The average Bonchev–Trinajstić information content (AvgIpc) is 3.06. The van der Waals surface area contributed by atoms with Crippen molar-refractivity contribution in [3.05, 3.63) is 48.3 Å². The lowest BCUT2D eigenvalue weighted by molar-refractivity contribution is -0.130. The molecule has 0 unspecified atom stereocenters. The van der Waals surface area contributed by atoms with Crippen LogP contribution in [-0.2, 0) is 11.2 Å². The first-order chi connectivity index (χ1) is 11.8. The van der Waals surface area contributed by atoms with Crippen molar-refractivity contribution < 1.29 is 9.32 Å². The Bertz CT molecular complexity index is 840. The fourth-order valence-electron chi connectivity index (χ4n) is 2.97. The van der Waals surface area contributed by atoms with E-state index < -0.39 is 0 Å². The molecule has 3 aromatic rings. The van der Waals surface area contributed by atoms with E-state index in [9.17, 15) is 4.79 Å². The standard InChI is InChI=1S/C17H17N5O2/c23-17(12-14-13-4-1-2-5-15(13)24-20-14)22-10-8-21(9-11-22)16-6-3-7-18-19-16/h1-7H,8-12H2. The SMILES string of the molecule is O=C(Cc1noc2ccccc12)N1CCN(c2cccnn2)CC1. The summed E-state index contributed by atoms with van der Waals surface area (Å²) >= 11 is 0. The number of anilines is 1. The van der Waals surface area contributed by atoms with E-state index in [0.717, 1.165) is 24.3 Å². The number of fused-ring (bicyclic) bond motifs is 1. The Morgan fingerprint density at radius 1 is 1.08 bits per heavy atom. The van der Waals surface area contributed by atoms with Crippen LogP contribution in [0, 0.1) is 0 Å². The van der Waals surface area contributed by atoms with Gasteiger partial charge in [0.05, 0.1) is 6.42 Å². The van der Waals surface area contributed by atoms with Crippen LogP contribution in [0.5, 0.6) is 0 Å². The molecule has 0 N–H and O–H groups in total. The van der Waals surface area contributed by atoms with Gasteiger partial charge in [0.15, 0.2) is 11.4 Å². The Morgan fingerprint density at radius 2 is 1.92 bits per heavy atom. The van der Waals surface area contributed by atoms with E-state index in [4.69, 9.17) is 4.52 Å². The van der Waals surface area contributed by atoms with Crippen LogP contribution >= 0.6 is 0 Å². The van der Waals surface area contributed by atoms with Crippen molar-refractivity contribution in [1.29, 1.82) is 0 Å². The van der Waals surface area contributed by atoms with Crippen LogP contribution in [0.2, 0.25) is 0 Å². The highest BCUT2D eigenvalue weighted by Gasteiger charge is 2.23. The molecule has 4 rings (SSSR count). The summed E-state index contributed by atoms with van der Waals surface area (Å²) in [4.78, 5) is 16.6. The zero-order valence-electron chi connectivity index (χ0n) is 13.1. The minimum absolute atomic E-state index is 0.0767. The highest BCUT2D eigenvalue weighted by atomic mass is 16.5. The number of hydrogen-bond donors (Lipinski definition) is 0. The van der Waals surface area contributed by atoms with Crippen LogP contribution in [0.15, 0.2) is 47.1 Å². The number of para-hydroxylation sites is 1. The van der Waals surface area contributed by atoms with Crippen LogP contribution in [0.3, 0.4) is 0 Å². The third-order valence-corrected chi connectivity index (χ3v) is 4.29. The Morgan fingerprint density at radius 3 is 2.71 bits per heavy atom. The number of piperazine rings is 1. The molecule has 1 aliphatic heterocycles. The maximum Gasteiger partial charge on any atom is 0.228 e. The molecule has 0 atom stereocenters. The first-order valence-electron chi connectivity index (χ1n) is 7.95. The topological polar surface area (TPSA) is 75.4 Å². The van der Waals surface area contributed by atoms with Crippen molar-refractivity contribution in [2.24, 2.45) is 0 Å². The number of carbonyl (C=O) groups is 1.